The van der Waals surface area contributed by atoms with Gasteiger partial charge in [0.2, 0.25) is 5.91 Å². The zero-order chi connectivity index (χ0) is 11.8. The van der Waals surface area contributed by atoms with E-state index in [4.69, 9.17) is 4.74 Å². The summed E-state index contributed by atoms with van der Waals surface area (Å²) in [5.41, 5.74) is 0. The highest BCUT2D eigenvalue weighted by Crippen LogP contribution is 2.22. The van der Waals surface area contributed by atoms with Crippen molar-refractivity contribution in [3.63, 3.8) is 0 Å². The van der Waals surface area contributed by atoms with Crippen LogP contribution in [-0.4, -0.2) is 38.8 Å². The fourth-order valence-corrected chi connectivity index (χ4v) is 2.14. The van der Waals surface area contributed by atoms with Gasteiger partial charge in [0.05, 0.1) is 6.10 Å². The first-order valence-corrected chi connectivity index (χ1v) is 6.30. The van der Waals surface area contributed by atoms with Crippen molar-refractivity contribution in [2.75, 3.05) is 26.7 Å². The van der Waals surface area contributed by atoms with Crippen molar-refractivity contribution in [2.45, 2.75) is 38.7 Å². The topological polar surface area (TPSA) is 50.4 Å². The molecule has 2 N–H and O–H groups in total. The van der Waals surface area contributed by atoms with Crippen molar-refractivity contribution in [1.82, 2.24) is 10.6 Å². The van der Waals surface area contributed by atoms with E-state index >= 15 is 0 Å². The highest BCUT2D eigenvalue weighted by atomic mass is 16.5. The lowest BCUT2D eigenvalue weighted by Crippen LogP contribution is -2.32. The van der Waals surface area contributed by atoms with Crippen LogP contribution in [0.1, 0.15) is 32.6 Å². The quantitative estimate of drug-likeness (QED) is 0.637. The molecule has 0 saturated carbocycles. The van der Waals surface area contributed by atoms with Crippen molar-refractivity contribution >= 4 is 5.91 Å². The van der Waals surface area contributed by atoms with Gasteiger partial charge in [0, 0.05) is 25.5 Å². The summed E-state index contributed by atoms with van der Waals surface area (Å²) >= 11 is 0. The van der Waals surface area contributed by atoms with E-state index in [9.17, 15) is 4.79 Å². The molecule has 1 rings (SSSR count). The molecule has 4 nitrogen and oxygen atoms in total. The Balaban J connectivity index is 2.11. The van der Waals surface area contributed by atoms with Gasteiger partial charge in [0.15, 0.2) is 0 Å². The zero-order valence-corrected chi connectivity index (χ0v) is 10.4. The first kappa shape index (κ1) is 13.5. The molecule has 1 amide bonds. The highest BCUT2D eigenvalue weighted by molar-refractivity contribution is 5.75. The molecule has 2 unspecified atom stereocenters. The Morgan fingerprint density at radius 2 is 2.31 bits per heavy atom. The van der Waals surface area contributed by atoms with E-state index in [-0.39, 0.29) is 5.91 Å². The molecule has 1 aliphatic rings. The molecular weight excluding hydrogens is 204 g/mol. The van der Waals surface area contributed by atoms with Gasteiger partial charge in [0.25, 0.3) is 0 Å². The van der Waals surface area contributed by atoms with Crippen LogP contribution in [0.3, 0.4) is 0 Å². The van der Waals surface area contributed by atoms with Gasteiger partial charge in [-0.2, -0.15) is 0 Å². The minimum absolute atomic E-state index is 0.164. The van der Waals surface area contributed by atoms with Crippen LogP contribution < -0.4 is 10.6 Å². The number of carbonyl (C=O) groups is 1. The third kappa shape index (κ3) is 4.49. The molecule has 0 aromatic carbocycles. The summed E-state index contributed by atoms with van der Waals surface area (Å²) in [7, 11) is 1.90. The summed E-state index contributed by atoms with van der Waals surface area (Å²) in [5, 5.41) is 6.04. The van der Waals surface area contributed by atoms with Crippen molar-refractivity contribution < 1.29 is 9.53 Å². The Hall–Kier alpha value is -0.610. The van der Waals surface area contributed by atoms with E-state index in [1.165, 1.54) is 0 Å². The molecule has 1 saturated heterocycles. The van der Waals surface area contributed by atoms with Crippen LogP contribution in [0.15, 0.2) is 0 Å². The summed E-state index contributed by atoms with van der Waals surface area (Å²) in [6, 6.07) is 0. The monoisotopic (exact) mass is 228 g/mol. The number of ether oxygens (including phenoxy) is 1. The Bertz CT molecular complexity index is 209. The largest absolute Gasteiger partial charge is 0.378 e. The van der Waals surface area contributed by atoms with Crippen LogP contribution >= 0.6 is 0 Å². The fraction of sp³-hybridized carbons (Fsp3) is 0.917. The maximum absolute atomic E-state index is 11.5. The van der Waals surface area contributed by atoms with Crippen LogP contribution in [0.5, 0.6) is 0 Å². The Kier molecular flexibility index (Phi) is 6.42. The smallest absolute Gasteiger partial charge is 0.220 e. The number of hydrogen-bond donors (Lipinski definition) is 2. The van der Waals surface area contributed by atoms with E-state index < -0.39 is 0 Å². The number of carbonyl (C=O) groups excluding carboxylic acids is 1. The predicted octanol–water partition coefficient (Wildman–Crippen LogP) is 0.917. The van der Waals surface area contributed by atoms with Crippen LogP contribution in [0.25, 0.3) is 0 Å². The lowest BCUT2D eigenvalue weighted by Gasteiger charge is -2.17. The van der Waals surface area contributed by atoms with Crippen LogP contribution in [0, 0.1) is 5.92 Å². The Morgan fingerprint density at radius 1 is 1.50 bits per heavy atom. The molecule has 1 aliphatic heterocycles. The molecule has 94 valence electrons. The molecule has 0 aromatic heterocycles. The Labute approximate surface area is 98.1 Å². The molecule has 16 heavy (non-hydrogen) atoms. The van der Waals surface area contributed by atoms with Gasteiger partial charge in [-0.15, -0.1) is 0 Å². The average Bonchev–Trinajstić information content (AvgIpc) is 2.74. The normalized spacial score (nSPS) is 24.6. The van der Waals surface area contributed by atoms with Gasteiger partial charge in [0.1, 0.15) is 0 Å². The second-order valence-electron chi connectivity index (χ2n) is 4.38. The van der Waals surface area contributed by atoms with Crippen LogP contribution in [-0.2, 0) is 9.53 Å². The minimum Gasteiger partial charge on any atom is -0.378 e. The summed E-state index contributed by atoms with van der Waals surface area (Å²) < 4.78 is 5.58. The van der Waals surface area contributed by atoms with Gasteiger partial charge in [-0.3, -0.25) is 4.79 Å². The number of amides is 1. The average molecular weight is 228 g/mol. The van der Waals surface area contributed by atoms with Crippen molar-refractivity contribution in [2.24, 2.45) is 5.92 Å². The molecule has 0 radical (unpaired) electrons. The Morgan fingerprint density at radius 3 is 3.00 bits per heavy atom. The molecular formula is C12H24N2O2. The highest BCUT2D eigenvalue weighted by Gasteiger charge is 2.26. The zero-order valence-electron chi connectivity index (χ0n) is 10.4. The van der Waals surface area contributed by atoms with E-state index in [1.807, 2.05) is 7.05 Å². The SMILES string of the molecule is CCC1OCCC1CNC(=O)CCCNC. The van der Waals surface area contributed by atoms with Gasteiger partial charge >= 0.3 is 0 Å². The predicted molar refractivity (Wildman–Crippen MR) is 64.3 cm³/mol. The molecule has 0 aromatic rings. The van der Waals surface area contributed by atoms with E-state index in [0.29, 0.717) is 18.4 Å². The van der Waals surface area contributed by atoms with Gasteiger partial charge in [-0.1, -0.05) is 6.92 Å². The third-order valence-electron chi connectivity index (χ3n) is 3.14. The maximum Gasteiger partial charge on any atom is 0.220 e. The maximum atomic E-state index is 11.5. The molecule has 0 spiro atoms. The molecule has 1 heterocycles. The lowest BCUT2D eigenvalue weighted by atomic mass is 10.00. The minimum atomic E-state index is 0.164. The van der Waals surface area contributed by atoms with Gasteiger partial charge < -0.3 is 15.4 Å². The van der Waals surface area contributed by atoms with Gasteiger partial charge in [-0.25, -0.2) is 0 Å². The second-order valence-corrected chi connectivity index (χ2v) is 4.38. The van der Waals surface area contributed by atoms with E-state index in [2.05, 4.69) is 17.6 Å². The first-order valence-electron chi connectivity index (χ1n) is 6.30. The number of rotatable bonds is 7. The standard InChI is InChI=1S/C12H24N2O2/c1-3-11-10(6-8-16-11)9-14-12(15)5-4-7-13-2/h10-11,13H,3-9H2,1-2H3,(H,14,15). The molecule has 0 bridgehead atoms. The fourth-order valence-electron chi connectivity index (χ4n) is 2.14. The van der Waals surface area contributed by atoms with Crippen molar-refractivity contribution in [3.8, 4) is 0 Å². The summed E-state index contributed by atoms with van der Waals surface area (Å²) in [6.07, 6.45) is 3.99. The molecule has 2 atom stereocenters. The second kappa shape index (κ2) is 7.63. The third-order valence-corrected chi connectivity index (χ3v) is 3.14. The number of hydrogen-bond acceptors (Lipinski definition) is 3. The van der Waals surface area contributed by atoms with Crippen LogP contribution in [0.4, 0.5) is 0 Å². The van der Waals surface area contributed by atoms with E-state index in [1.54, 1.807) is 0 Å². The summed E-state index contributed by atoms with van der Waals surface area (Å²) in [5.74, 6) is 0.676. The van der Waals surface area contributed by atoms with E-state index in [0.717, 1.165) is 39.0 Å². The van der Waals surface area contributed by atoms with Crippen LogP contribution in [0.2, 0.25) is 0 Å². The summed E-state index contributed by atoms with van der Waals surface area (Å²) in [4.78, 5) is 11.5. The van der Waals surface area contributed by atoms with Crippen molar-refractivity contribution in [1.29, 1.82) is 0 Å². The van der Waals surface area contributed by atoms with Gasteiger partial charge in [-0.05, 0) is 32.9 Å². The molecule has 4 heteroatoms. The molecule has 0 aliphatic carbocycles. The summed E-state index contributed by atoms with van der Waals surface area (Å²) in [6.45, 7) is 4.66. The lowest BCUT2D eigenvalue weighted by molar-refractivity contribution is -0.121. The van der Waals surface area contributed by atoms with Crippen molar-refractivity contribution in [3.05, 3.63) is 0 Å². The number of nitrogens with one attached hydrogen (secondary N) is 2. The first-order chi connectivity index (χ1) is 7.77. The molecule has 1 fully saturated rings.